The van der Waals surface area contributed by atoms with Gasteiger partial charge in [-0.15, -0.1) is 0 Å². The molecule has 0 heterocycles. The summed E-state index contributed by atoms with van der Waals surface area (Å²) in [7, 11) is 0. The number of rotatable bonds is 6. The van der Waals surface area contributed by atoms with E-state index in [9.17, 15) is 9.59 Å². The Morgan fingerprint density at radius 2 is 1.76 bits per heavy atom. The summed E-state index contributed by atoms with van der Waals surface area (Å²) in [6.07, 6.45) is 0. The molecule has 100 valence electrons. The molecule has 5 nitrogen and oxygen atoms in total. The van der Waals surface area contributed by atoms with Gasteiger partial charge in [0.25, 0.3) is 0 Å². The van der Waals surface area contributed by atoms with Crippen LogP contribution in [0.25, 0.3) is 0 Å². The molecule has 0 aromatic rings. The second-order valence-corrected chi connectivity index (χ2v) is 4.94. The van der Waals surface area contributed by atoms with Crippen molar-refractivity contribution in [3.8, 4) is 0 Å². The van der Waals surface area contributed by atoms with Crippen LogP contribution in [0.2, 0.25) is 0 Å². The number of aliphatic carboxylic acids is 1. The zero-order valence-electron chi connectivity index (χ0n) is 11.4. The van der Waals surface area contributed by atoms with Crippen LogP contribution in [0.3, 0.4) is 0 Å². The van der Waals surface area contributed by atoms with Crippen molar-refractivity contribution in [1.29, 1.82) is 0 Å². The Morgan fingerprint density at radius 3 is 2.06 bits per heavy atom. The van der Waals surface area contributed by atoms with Gasteiger partial charge in [0.05, 0.1) is 0 Å². The van der Waals surface area contributed by atoms with Crippen LogP contribution in [-0.2, 0) is 4.79 Å². The minimum atomic E-state index is -0.992. The molecular formula is C12H24N2O3. The van der Waals surface area contributed by atoms with Crippen LogP contribution in [0.15, 0.2) is 0 Å². The number of hydrogen-bond donors (Lipinski definition) is 2. The molecule has 1 atom stereocenters. The lowest BCUT2D eigenvalue weighted by atomic mass is 10.1. The number of amides is 2. The van der Waals surface area contributed by atoms with Crippen molar-refractivity contribution in [1.82, 2.24) is 10.2 Å². The van der Waals surface area contributed by atoms with E-state index in [1.807, 2.05) is 20.8 Å². The normalized spacial score (nSPS) is 12.6. The number of carbonyl (C=O) groups excluding carboxylic acids is 1. The fourth-order valence-corrected chi connectivity index (χ4v) is 1.53. The second-order valence-electron chi connectivity index (χ2n) is 4.94. The predicted octanol–water partition coefficient (Wildman–Crippen LogP) is 1.78. The molecule has 0 aromatic carbocycles. The highest BCUT2D eigenvalue weighted by Crippen LogP contribution is 2.04. The van der Waals surface area contributed by atoms with Crippen LogP contribution in [0.5, 0.6) is 0 Å². The second kappa shape index (κ2) is 7.14. The minimum Gasteiger partial charge on any atom is -0.480 e. The maximum atomic E-state index is 11.9. The van der Waals surface area contributed by atoms with Crippen molar-refractivity contribution in [3.63, 3.8) is 0 Å². The molecule has 2 amide bonds. The SMILES string of the molecule is CCN(CC(C)C)C(=O)N[C@H](C(=O)O)C(C)C. The van der Waals surface area contributed by atoms with Crippen molar-refractivity contribution >= 4 is 12.0 Å². The van der Waals surface area contributed by atoms with Crippen LogP contribution in [-0.4, -0.2) is 41.1 Å². The molecule has 0 bridgehead atoms. The standard InChI is InChI=1S/C12H24N2O3/c1-6-14(7-8(2)3)12(17)13-10(9(4)5)11(15)16/h8-10H,6-7H2,1-5H3,(H,13,17)(H,15,16)/t10-/m0/s1. The molecule has 5 heteroatoms. The summed E-state index contributed by atoms with van der Waals surface area (Å²) in [5.74, 6) is -0.758. The Hall–Kier alpha value is -1.26. The molecule has 0 saturated carbocycles. The third-order valence-corrected chi connectivity index (χ3v) is 2.47. The summed E-state index contributed by atoms with van der Waals surface area (Å²) in [5, 5.41) is 11.6. The average Bonchev–Trinajstić information content (AvgIpc) is 2.20. The third-order valence-electron chi connectivity index (χ3n) is 2.47. The molecule has 0 aliphatic carbocycles. The molecule has 0 aliphatic heterocycles. The molecule has 0 unspecified atom stereocenters. The van der Waals surface area contributed by atoms with Gasteiger partial charge in [-0.2, -0.15) is 0 Å². The van der Waals surface area contributed by atoms with Gasteiger partial charge in [0, 0.05) is 13.1 Å². The van der Waals surface area contributed by atoms with E-state index in [4.69, 9.17) is 5.11 Å². The lowest BCUT2D eigenvalue weighted by Gasteiger charge is -2.26. The highest BCUT2D eigenvalue weighted by Gasteiger charge is 2.25. The predicted molar refractivity (Wildman–Crippen MR) is 66.9 cm³/mol. The van der Waals surface area contributed by atoms with Crippen LogP contribution < -0.4 is 5.32 Å². The molecular weight excluding hydrogens is 220 g/mol. The van der Waals surface area contributed by atoms with E-state index < -0.39 is 12.0 Å². The first kappa shape index (κ1) is 15.7. The number of hydrogen-bond acceptors (Lipinski definition) is 2. The summed E-state index contributed by atoms with van der Waals surface area (Å²) in [5.41, 5.74) is 0. The number of nitrogens with one attached hydrogen (secondary N) is 1. The van der Waals surface area contributed by atoms with Gasteiger partial charge < -0.3 is 15.3 Å². The number of carbonyl (C=O) groups is 2. The van der Waals surface area contributed by atoms with E-state index in [1.165, 1.54) is 0 Å². The maximum Gasteiger partial charge on any atom is 0.326 e. The molecule has 0 fully saturated rings. The van der Waals surface area contributed by atoms with Gasteiger partial charge in [0.15, 0.2) is 0 Å². The van der Waals surface area contributed by atoms with Gasteiger partial charge in [-0.05, 0) is 18.8 Å². The largest absolute Gasteiger partial charge is 0.480 e. The summed E-state index contributed by atoms with van der Waals surface area (Å²) >= 11 is 0. The van der Waals surface area contributed by atoms with Gasteiger partial charge in [0.2, 0.25) is 0 Å². The van der Waals surface area contributed by atoms with Crippen LogP contribution in [0, 0.1) is 11.8 Å². The Labute approximate surface area is 103 Å². The summed E-state index contributed by atoms with van der Waals surface area (Å²) in [6, 6.07) is -1.13. The van der Waals surface area contributed by atoms with Gasteiger partial charge in [-0.1, -0.05) is 27.7 Å². The first-order chi connectivity index (χ1) is 7.79. The van der Waals surface area contributed by atoms with Crippen molar-refractivity contribution < 1.29 is 14.7 Å². The van der Waals surface area contributed by atoms with E-state index in [-0.39, 0.29) is 11.9 Å². The molecule has 2 N–H and O–H groups in total. The summed E-state index contributed by atoms with van der Waals surface area (Å²) in [6.45, 7) is 10.7. The van der Waals surface area contributed by atoms with Gasteiger partial charge in [0.1, 0.15) is 6.04 Å². The van der Waals surface area contributed by atoms with Gasteiger partial charge in [-0.3, -0.25) is 0 Å². The fraction of sp³-hybridized carbons (Fsp3) is 0.833. The topological polar surface area (TPSA) is 69.6 Å². The zero-order valence-corrected chi connectivity index (χ0v) is 11.4. The first-order valence-electron chi connectivity index (χ1n) is 6.07. The van der Waals surface area contributed by atoms with E-state index >= 15 is 0 Å². The number of carboxylic acid groups (broad SMARTS) is 1. The molecule has 0 rings (SSSR count). The molecule has 0 saturated heterocycles. The first-order valence-corrected chi connectivity index (χ1v) is 6.07. The Bertz CT molecular complexity index is 264. The van der Waals surface area contributed by atoms with Crippen molar-refractivity contribution in [2.45, 2.75) is 40.7 Å². The highest BCUT2D eigenvalue weighted by atomic mass is 16.4. The van der Waals surface area contributed by atoms with Crippen LogP contribution >= 0.6 is 0 Å². The lowest BCUT2D eigenvalue weighted by molar-refractivity contribution is -0.140. The zero-order chi connectivity index (χ0) is 13.6. The van der Waals surface area contributed by atoms with Crippen molar-refractivity contribution in [2.75, 3.05) is 13.1 Å². The molecule has 0 aliphatic rings. The maximum absolute atomic E-state index is 11.9. The average molecular weight is 244 g/mol. The van der Waals surface area contributed by atoms with Gasteiger partial charge >= 0.3 is 12.0 Å². The Morgan fingerprint density at radius 1 is 1.24 bits per heavy atom. The monoisotopic (exact) mass is 244 g/mol. The summed E-state index contributed by atoms with van der Waals surface area (Å²) < 4.78 is 0. The summed E-state index contributed by atoms with van der Waals surface area (Å²) in [4.78, 5) is 24.5. The number of carboxylic acids is 1. The molecule has 0 spiro atoms. The van der Waals surface area contributed by atoms with Gasteiger partial charge in [-0.25, -0.2) is 9.59 Å². The molecule has 0 radical (unpaired) electrons. The molecule has 0 aromatic heterocycles. The lowest BCUT2D eigenvalue weighted by Crippen LogP contribution is -2.50. The van der Waals surface area contributed by atoms with Crippen molar-refractivity contribution in [3.05, 3.63) is 0 Å². The van der Waals surface area contributed by atoms with E-state index in [2.05, 4.69) is 5.32 Å². The van der Waals surface area contributed by atoms with E-state index in [1.54, 1.807) is 18.7 Å². The van der Waals surface area contributed by atoms with E-state index in [0.29, 0.717) is 19.0 Å². The highest BCUT2D eigenvalue weighted by molar-refractivity contribution is 5.82. The third kappa shape index (κ3) is 5.56. The fourth-order valence-electron chi connectivity index (χ4n) is 1.53. The van der Waals surface area contributed by atoms with Crippen molar-refractivity contribution in [2.24, 2.45) is 11.8 Å². The van der Waals surface area contributed by atoms with Crippen LogP contribution in [0.4, 0.5) is 4.79 Å². The van der Waals surface area contributed by atoms with Crippen LogP contribution in [0.1, 0.15) is 34.6 Å². The Balaban J connectivity index is 4.52. The van der Waals surface area contributed by atoms with E-state index in [0.717, 1.165) is 0 Å². The smallest absolute Gasteiger partial charge is 0.326 e. The number of urea groups is 1. The minimum absolute atomic E-state index is 0.130. The molecule has 17 heavy (non-hydrogen) atoms. The number of nitrogens with zero attached hydrogens (tertiary/aromatic N) is 1. The Kier molecular flexibility index (Phi) is 6.61. The quantitative estimate of drug-likeness (QED) is 0.748.